The standard InChI is InChI=1S/C8H8ClN5S2/c1-2-10-6-12-5(9)13-7(14-6)16-8-11-3-4-15-8/h3-4H,2H2,1H3,(H,10,12,13,14). The molecule has 0 spiro atoms. The first-order chi connectivity index (χ1) is 7.78. The SMILES string of the molecule is CCNc1nc(Cl)nc(Sc2nccs2)n1. The van der Waals surface area contributed by atoms with Crippen molar-refractivity contribution >= 4 is 40.6 Å². The van der Waals surface area contributed by atoms with Gasteiger partial charge in [-0.3, -0.25) is 0 Å². The van der Waals surface area contributed by atoms with Crippen LogP contribution in [0.1, 0.15) is 6.92 Å². The van der Waals surface area contributed by atoms with Gasteiger partial charge in [-0.2, -0.15) is 15.0 Å². The molecule has 2 heterocycles. The molecule has 0 unspecified atom stereocenters. The second-order valence-electron chi connectivity index (χ2n) is 2.64. The fraction of sp³-hybridized carbons (Fsp3) is 0.250. The Morgan fingerprint density at radius 2 is 2.31 bits per heavy atom. The van der Waals surface area contributed by atoms with E-state index >= 15 is 0 Å². The predicted molar refractivity (Wildman–Crippen MR) is 65.2 cm³/mol. The Kier molecular flexibility index (Phi) is 3.92. The van der Waals surface area contributed by atoms with E-state index in [9.17, 15) is 0 Å². The number of nitrogens with zero attached hydrogens (tertiary/aromatic N) is 4. The molecule has 84 valence electrons. The van der Waals surface area contributed by atoms with Crippen LogP contribution in [0.2, 0.25) is 5.28 Å². The summed E-state index contributed by atoms with van der Waals surface area (Å²) in [4.78, 5) is 16.3. The molecule has 0 atom stereocenters. The van der Waals surface area contributed by atoms with Gasteiger partial charge in [0.1, 0.15) is 0 Å². The van der Waals surface area contributed by atoms with Crippen LogP contribution < -0.4 is 5.32 Å². The van der Waals surface area contributed by atoms with Crippen LogP contribution in [-0.2, 0) is 0 Å². The maximum atomic E-state index is 5.79. The first-order valence-corrected chi connectivity index (χ1v) is 6.58. The van der Waals surface area contributed by atoms with Crippen LogP contribution in [0.5, 0.6) is 0 Å². The van der Waals surface area contributed by atoms with Gasteiger partial charge in [0.05, 0.1) is 0 Å². The summed E-state index contributed by atoms with van der Waals surface area (Å²) in [6.45, 7) is 2.70. The fourth-order valence-corrected chi connectivity index (χ4v) is 2.64. The van der Waals surface area contributed by atoms with Crippen LogP contribution in [0.4, 0.5) is 5.95 Å². The first kappa shape index (κ1) is 11.6. The summed E-state index contributed by atoms with van der Waals surface area (Å²) in [6, 6.07) is 0. The molecule has 2 rings (SSSR count). The highest BCUT2D eigenvalue weighted by atomic mass is 35.5. The van der Waals surface area contributed by atoms with Crippen LogP contribution >= 0.6 is 34.7 Å². The molecule has 0 fully saturated rings. The summed E-state index contributed by atoms with van der Waals surface area (Å²) < 4.78 is 0.879. The molecule has 0 saturated heterocycles. The number of anilines is 1. The third kappa shape index (κ3) is 3.03. The van der Waals surface area contributed by atoms with Gasteiger partial charge in [-0.15, -0.1) is 11.3 Å². The minimum absolute atomic E-state index is 0.185. The second kappa shape index (κ2) is 5.42. The van der Waals surface area contributed by atoms with Crippen LogP contribution in [0.3, 0.4) is 0 Å². The summed E-state index contributed by atoms with van der Waals surface area (Å²) in [6.07, 6.45) is 1.74. The lowest BCUT2D eigenvalue weighted by Gasteiger charge is -2.02. The van der Waals surface area contributed by atoms with E-state index in [-0.39, 0.29) is 5.28 Å². The van der Waals surface area contributed by atoms with Crippen molar-refractivity contribution < 1.29 is 0 Å². The van der Waals surface area contributed by atoms with E-state index in [4.69, 9.17) is 11.6 Å². The number of rotatable bonds is 4. The van der Waals surface area contributed by atoms with E-state index in [0.29, 0.717) is 11.1 Å². The van der Waals surface area contributed by atoms with Gasteiger partial charge in [-0.25, -0.2) is 4.98 Å². The van der Waals surface area contributed by atoms with Crippen LogP contribution in [0.15, 0.2) is 21.1 Å². The molecule has 0 aliphatic heterocycles. The van der Waals surface area contributed by atoms with Gasteiger partial charge >= 0.3 is 0 Å². The minimum atomic E-state index is 0.185. The van der Waals surface area contributed by atoms with E-state index in [1.807, 2.05) is 12.3 Å². The van der Waals surface area contributed by atoms with Crippen molar-refractivity contribution in [3.05, 3.63) is 16.9 Å². The van der Waals surface area contributed by atoms with Crippen LogP contribution in [0.25, 0.3) is 0 Å². The number of aromatic nitrogens is 4. The molecular weight excluding hydrogens is 266 g/mol. The Balaban J connectivity index is 2.20. The van der Waals surface area contributed by atoms with Gasteiger partial charge < -0.3 is 5.32 Å². The van der Waals surface area contributed by atoms with Gasteiger partial charge in [0.2, 0.25) is 16.4 Å². The first-order valence-electron chi connectivity index (χ1n) is 4.50. The van der Waals surface area contributed by atoms with Crippen molar-refractivity contribution in [3.8, 4) is 0 Å². The molecule has 2 aromatic rings. The third-order valence-corrected chi connectivity index (χ3v) is 3.43. The predicted octanol–water partition coefficient (Wildman–Crippen LogP) is 2.56. The third-order valence-electron chi connectivity index (χ3n) is 1.51. The number of hydrogen-bond donors (Lipinski definition) is 1. The largest absolute Gasteiger partial charge is 0.354 e. The number of thiazole rings is 1. The van der Waals surface area contributed by atoms with E-state index in [0.717, 1.165) is 10.9 Å². The monoisotopic (exact) mass is 273 g/mol. The fourth-order valence-electron chi connectivity index (χ4n) is 0.954. The molecule has 0 aliphatic rings. The molecule has 16 heavy (non-hydrogen) atoms. The van der Waals surface area contributed by atoms with Gasteiger partial charge in [0, 0.05) is 18.1 Å². The Morgan fingerprint density at radius 3 is 3.00 bits per heavy atom. The normalized spacial score (nSPS) is 10.4. The lowest BCUT2D eigenvalue weighted by molar-refractivity contribution is 0.898. The highest BCUT2D eigenvalue weighted by Crippen LogP contribution is 2.27. The zero-order valence-electron chi connectivity index (χ0n) is 8.35. The Hall–Kier alpha value is -0.920. The number of hydrogen-bond acceptors (Lipinski definition) is 7. The lowest BCUT2D eigenvalue weighted by Crippen LogP contribution is -2.04. The summed E-state index contributed by atoms with van der Waals surface area (Å²) >= 11 is 8.69. The van der Waals surface area contributed by atoms with Crippen LogP contribution in [0, 0.1) is 0 Å². The smallest absolute Gasteiger partial charge is 0.228 e. The number of halogens is 1. The average Bonchev–Trinajstić information content (AvgIpc) is 2.70. The van der Waals surface area contributed by atoms with Gasteiger partial charge in [-0.1, -0.05) is 0 Å². The Morgan fingerprint density at radius 1 is 1.44 bits per heavy atom. The molecule has 0 saturated carbocycles. The van der Waals surface area contributed by atoms with Crippen molar-refractivity contribution in [3.63, 3.8) is 0 Å². The summed E-state index contributed by atoms with van der Waals surface area (Å²) in [5.74, 6) is 0.488. The second-order valence-corrected chi connectivity index (χ2v) is 5.09. The van der Waals surface area contributed by atoms with Crippen molar-refractivity contribution in [2.75, 3.05) is 11.9 Å². The van der Waals surface area contributed by atoms with Gasteiger partial charge in [0.15, 0.2) is 4.34 Å². The zero-order valence-corrected chi connectivity index (χ0v) is 10.7. The number of nitrogens with one attached hydrogen (secondary N) is 1. The van der Waals surface area contributed by atoms with Gasteiger partial charge in [0.25, 0.3) is 0 Å². The van der Waals surface area contributed by atoms with E-state index in [2.05, 4.69) is 25.3 Å². The molecule has 5 nitrogen and oxygen atoms in total. The Labute approximate surface area is 106 Å². The molecule has 0 bridgehead atoms. The molecule has 8 heteroatoms. The lowest BCUT2D eigenvalue weighted by atomic mass is 10.7. The quantitative estimate of drug-likeness (QED) is 0.924. The topological polar surface area (TPSA) is 63.6 Å². The minimum Gasteiger partial charge on any atom is -0.354 e. The summed E-state index contributed by atoms with van der Waals surface area (Å²) in [5, 5.41) is 5.62. The van der Waals surface area contributed by atoms with Crippen molar-refractivity contribution in [1.29, 1.82) is 0 Å². The highest BCUT2D eigenvalue weighted by molar-refractivity contribution is 8.00. The highest BCUT2D eigenvalue weighted by Gasteiger charge is 2.07. The maximum absolute atomic E-state index is 5.79. The molecule has 0 amide bonds. The van der Waals surface area contributed by atoms with Crippen molar-refractivity contribution in [1.82, 2.24) is 19.9 Å². The summed E-state index contributed by atoms with van der Waals surface area (Å²) in [7, 11) is 0. The van der Waals surface area contributed by atoms with E-state index in [1.54, 1.807) is 6.20 Å². The zero-order chi connectivity index (χ0) is 11.4. The van der Waals surface area contributed by atoms with E-state index in [1.165, 1.54) is 23.1 Å². The van der Waals surface area contributed by atoms with Crippen molar-refractivity contribution in [2.24, 2.45) is 0 Å². The molecule has 1 N–H and O–H groups in total. The van der Waals surface area contributed by atoms with Crippen LogP contribution in [-0.4, -0.2) is 26.5 Å². The molecule has 0 aliphatic carbocycles. The molecular formula is C8H8ClN5S2. The summed E-state index contributed by atoms with van der Waals surface area (Å²) in [5.41, 5.74) is 0. The van der Waals surface area contributed by atoms with Crippen molar-refractivity contribution in [2.45, 2.75) is 16.4 Å². The average molecular weight is 274 g/mol. The maximum Gasteiger partial charge on any atom is 0.228 e. The van der Waals surface area contributed by atoms with E-state index < -0.39 is 0 Å². The molecule has 2 aromatic heterocycles. The Bertz CT molecular complexity index is 461. The van der Waals surface area contributed by atoms with Gasteiger partial charge in [-0.05, 0) is 30.3 Å². The molecule has 0 radical (unpaired) electrons. The molecule has 0 aromatic carbocycles.